The lowest BCUT2D eigenvalue weighted by Gasteiger charge is -2.00. The Labute approximate surface area is 117 Å². The van der Waals surface area contributed by atoms with Gasteiger partial charge in [-0.25, -0.2) is 0 Å². The average molecular weight is 260 g/mol. The topological polar surface area (TPSA) is 9.34 Å². The highest BCUT2D eigenvalue weighted by molar-refractivity contribution is 5.84. The first-order chi connectivity index (χ1) is 9.88. The van der Waals surface area contributed by atoms with Crippen LogP contribution < -0.4 is 0 Å². The van der Waals surface area contributed by atoms with Gasteiger partial charge in [0, 0.05) is 18.3 Å². The van der Waals surface area contributed by atoms with Crippen LogP contribution in [0.5, 0.6) is 0 Å². The van der Waals surface area contributed by atoms with Crippen LogP contribution in [0.2, 0.25) is 0 Å². The van der Waals surface area contributed by atoms with Crippen LogP contribution in [-0.2, 0) is 6.54 Å². The Balaban J connectivity index is 2.05. The summed E-state index contributed by atoms with van der Waals surface area (Å²) in [5, 5.41) is 0. The van der Waals surface area contributed by atoms with Gasteiger partial charge in [0.1, 0.15) is 5.65 Å². The summed E-state index contributed by atoms with van der Waals surface area (Å²) in [6, 6.07) is 21.4. The van der Waals surface area contributed by atoms with Crippen molar-refractivity contribution in [2.45, 2.75) is 13.5 Å². The van der Waals surface area contributed by atoms with Crippen molar-refractivity contribution in [3.8, 4) is 11.1 Å². The lowest BCUT2D eigenvalue weighted by atomic mass is 10.1. The normalized spacial score (nSPS) is 11.4. The molecule has 0 bridgehead atoms. The van der Waals surface area contributed by atoms with Crippen LogP contribution in [0.25, 0.3) is 27.8 Å². The predicted molar refractivity (Wildman–Crippen MR) is 84.0 cm³/mol. The van der Waals surface area contributed by atoms with E-state index in [4.69, 9.17) is 0 Å². The standard InChI is InChI=1S/C18H16N2/c1-2-19-16-10-6-7-11-17(16)20-13-15(12-18(19)20)14-8-4-3-5-9-14/h3-13H,2H2,1H3. The summed E-state index contributed by atoms with van der Waals surface area (Å²) in [7, 11) is 0. The van der Waals surface area contributed by atoms with E-state index in [1.54, 1.807) is 0 Å². The molecule has 0 fully saturated rings. The Morgan fingerprint density at radius 2 is 1.50 bits per heavy atom. The maximum absolute atomic E-state index is 2.36. The van der Waals surface area contributed by atoms with Crippen molar-refractivity contribution in [2.75, 3.05) is 0 Å². The number of aromatic nitrogens is 2. The van der Waals surface area contributed by atoms with E-state index in [0.717, 1.165) is 6.54 Å². The van der Waals surface area contributed by atoms with Gasteiger partial charge in [0.05, 0.1) is 11.0 Å². The summed E-state index contributed by atoms with van der Waals surface area (Å²) in [4.78, 5) is 0. The van der Waals surface area contributed by atoms with Gasteiger partial charge in [-0.2, -0.15) is 0 Å². The number of para-hydroxylation sites is 2. The highest BCUT2D eigenvalue weighted by atomic mass is 15.1. The van der Waals surface area contributed by atoms with Gasteiger partial charge in [0.15, 0.2) is 0 Å². The Morgan fingerprint density at radius 1 is 0.800 bits per heavy atom. The third-order valence-electron chi connectivity index (χ3n) is 3.93. The number of aryl methyl sites for hydroxylation is 1. The third-order valence-corrected chi connectivity index (χ3v) is 3.93. The second-order valence-electron chi connectivity index (χ2n) is 5.06. The number of hydrogen-bond acceptors (Lipinski definition) is 0. The minimum Gasteiger partial charge on any atom is -0.326 e. The number of benzene rings is 2. The molecule has 98 valence electrons. The maximum Gasteiger partial charge on any atom is 0.118 e. The van der Waals surface area contributed by atoms with Gasteiger partial charge in [-0.3, -0.25) is 0 Å². The molecule has 2 aromatic heterocycles. The fourth-order valence-corrected chi connectivity index (χ4v) is 2.99. The first-order valence-electron chi connectivity index (χ1n) is 7.03. The molecule has 0 amide bonds. The van der Waals surface area contributed by atoms with Gasteiger partial charge in [0.25, 0.3) is 0 Å². The number of nitrogens with zero attached hydrogens (tertiary/aromatic N) is 2. The Kier molecular flexibility index (Phi) is 2.43. The van der Waals surface area contributed by atoms with Crippen LogP contribution in [0.15, 0.2) is 66.9 Å². The molecule has 4 aromatic rings. The number of fused-ring (bicyclic) bond motifs is 3. The Morgan fingerprint density at radius 3 is 2.25 bits per heavy atom. The molecule has 0 aliphatic heterocycles. The summed E-state index contributed by atoms with van der Waals surface area (Å²) in [5.74, 6) is 0. The van der Waals surface area contributed by atoms with Crippen LogP contribution in [0.4, 0.5) is 0 Å². The van der Waals surface area contributed by atoms with Gasteiger partial charge in [-0.1, -0.05) is 42.5 Å². The van der Waals surface area contributed by atoms with E-state index in [-0.39, 0.29) is 0 Å². The molecule has 2 heterocycles. The first-order valence-corrected chi connectivity index (χ1v) is 7.03. The zero-order valence-corrected chi connectivity index (χ0v) is 11.5. The Bertz CT molecular complexity index is 882. The summed E-state index contributed by atoms with van der Waals surface area (Å²) in [5.41, 5.74) is 6.36. The fraction of sp³-hybridized carbons (Fsp3) is 0.111. The minimum atomic E-state index is 0.981. The van der Waals surface area contributed by atoms with Crippen molar-refractivity contribution in [1.82, 2.24) is 8.97 Å². The van der Waals surface area contributed by atoms with Crippen molar-refractivity contribution >= 4 is 16.7 Å². The number of imidazole rings is 1. The highest BCUT2D eigenvalue weighted by Crippen LogP contribution is 2.28. The van der Waals surface area contributed by atoms with Gasteiger partial charge in [-0.15, -0.1) is 0 Å². The van der Waals surface area contributed by atoms with E-state index in [2.05, 4.69) is 82.8 Å². The SMILES string of the molecule is CCn1c2ccccc2n2cc(-c3ccccc3)cc12. The largest absolute Gasteiger partial charge is 0.326 e. The molecule has 0 atom stereocenters. The molecule has 20 heavy (non-hydrogen) atoms. The van der Waals surface area contributed by atoms with E-state index in [1.807, 2.05) is 0 Å². The van der Waals surface area contributed by atoms with E-state index < -0.39 is 0 Å². The quantitative estimate of drug-likeness (QED) is 0.499. The van der Waals surface area contributed by atoms with Crippen LogP contribution in [0.3, 0.4) is 0 Å². The predicted octanol–water partition coefficient (Wildman–Crippen LogP) is 4.58. The molecule has 0 saturated carbocycles. The molecular weight excluding hydrogens is 244 g/mol. The van der Waals surface area contributed by atoms with Gasteiger partial charge in [-0.05, 0) is 30.7 Å². The zero-order chi connectivity index (χ0) is 13.5. The van der Waals surface area contributed by atoms with Gasteiger partial charge >= 0.3 is 0 Å². The molecule has 0 radical (unpaired) electrons. The molecule has 2 aromatic carbocycles. The summed E-state index contributed by atoms with van der Waals surface area (Å²) >= 11 is 0. The molecular formula is C18H16N2. The second kappa shape index (κ2) is 4.27. The molecule has 0 aliphatic carbocycles. The average Bonchev–Trinajstić information content (AvgIpc) is 3.05. The lowest BCUT2D eigenvalue weighted by molar-refractivity contribution is 0.818. The molecule has 0 unspecified atom stereocenters. The minimum absolute atomic E-state index is 0.981. The van der Waals surface area contributed by atoms with Crippen LogP contribution in [0, 0.1) is 0 Å². The summed E-state index contributed by atoms with van der Waals surface area (Å²) < 4.78 is 4.66. The molecule has 2 nitrogen and oxygen atoms in total. The van der Waals surface area contributed by atoms with E-state index >= 15 is 0 Å². The van der Waals surface area contributed by atoms with Crippen LogP contribution >= 0.6 is 0 Å². The van der Waals surface area contributed by atoms with Crippen molar-refractivity contribution in [3.05, 3.63) is 66.9 Å². The smallest absolute Gasteiger partial charge is 0.118 e. The summed E-state index contributed by atoms with van der Waals surface area (Å²) in [6.07, 6.45) is 2.24. The van der Waals surface area contributed by atoms with Gasteiger partial charge in [0.2, 0.25) is 0 Å². The van der Waals surface area contributed by atoms with Crippen molar-refractivity contribution in [1.29, 1.82) is 0 Å². The molecule has 2 heteroatoms. The Hall–Kier alpha value is -2.48. The number of rotatable bonds is 2. The first kappa shape index (κ1) is 11.4. The van der Waals surface area contributed by atoms with Crippen molar-refractivity contribution < 1.29 is 0 Å². The van der Waals surface area contributed by atoms with Crippen LogP contribution in [-0.4, -0.2) is 8.97 Å². The van der Waals surface area contributed by atoms with Gasteiger partial charge < -0.3 is 8.97 Å². The van der Waals surface area contributed by atoms with E-state index in [9.17, 15) is 0 Å². The van der Waals surface area contributed by atoms with Crippen molar-refractivity contribution in [2.24, 2.45) is 0 Å². The molecule has 0 spiro atoms. The van der Waals surface area contributed by atoms with E-state index in [0.29, 0.717) is 0 Å². The van der Waals surface area contributed by atoms with Crippen molar-refractivity contribution in [3.63, 3.8) is 0 Å². The highest BCUT2D eigenvalue weighted by Gasteiger charge is 2.11. The lowest BCUT2D eigenvalue weighted by Crippen LogP contribution is -1.92. The third kappa shape index (κ3) is 1.51. The van der Waals surface area contributed by atoms with E-state index in [1.165, 1.54) is 27.8 Å². The molecule has 4 rings (SSSR count). The molecule has 0 aliphatic rings. The zero-order valence-electron chi connectivity index (χ0n) is 11.5. The molecule has 0 N–H and O–H groups in total. The van der Waals surface area contributed by atoms with Crippen LogP contribution in [0.1, 0.15) is 6.92 Å². The maximum atomic E-state index is 2.36. The number of hydrogen-bond donors (Lipinski definition) is 0. The summed E-state index contributed by atoms with van der Waals surface area (Å²) in [6.45, 7) is 3.18. The fourth-order valence-electron chi connectivity index (χ4n) is 2.99. The monoisotopic (exact) mass is 260 g/mol. The second-order valence-corrected chi connectivity index (χ2v) is 5.06. The molecule has 0 saturated heterocycles.